The molecule has 1 aromatic carbocycles. The van der Waals surface area contributed by atoms with Crippen molar-refractivity contribution in [2.75, 3.05) is 11.9 Å². The molecule has 116 valence electrons. The lowest BCUT2D eigenvalue weighted by atomic mass is 9.64. The molecule has 1 fully saturated rings. The van der Waals surface area contributed by atoms with Crippen LogP contribution in [0.5, 0.6) is 0 Å². The van der Waals surface area contributed by atoms with Crippen LogP contribution < -0.4 is 5.32 Å². The van der Waals surface area contributed by atoms with Gasteiger partial charge in [-0.25, -0.2) is 4.79 Å². The summed E-state index contributed by atoms with van der Waals surface area (Å²) in [5, 5.41) is 12.4. The van der Waals surface area contributed by atoms with Gasteiger partial charge in [0, 0.05) is 23.8 Å². The average Bonchev–Trinajstić information content (AvgIpc) is 2.42. The van der Waals surface area contributed by atoms with Crippen LogP contribution in [0.4, 0.5) is 5.69 Å². The van der Waals surface area contributed by atoms with Crippen LogP contribution in [0.2, 0.25) is 0 Å². The highest BCUT2D eigenvalue weighted by Crippen LogP contribution is 2.44. The number of carboxylic acids is 1. The number of benzene rings is 1. The second-order valence-corrected chi connectivity index (χ2v) is 6.85. The molecule has 0 heterocycles. The minimum absolute atomic E-state index is 0.0837. The molecule has 0 radical (unpaired) electrons. The number of anilines is 1. The van der Waals surface area contributed by atoms with Crippen molar-refractivity contribution in [3.8, 4) is 0 Å². The lowest BCUT2D eigenvalue weighted by molar-refractivity contribution is -0.108. The van der Waals surface area contributed by atoms with Crippen molar-refractivity contribution < 1.29 is 14.6 Å². The van der Waals surface area contributed by atoms with Crippen LogP contribution in [0.15, 0.2) is 24.3 Å². The summed E-state index contributed by atoms with van der Waals surface area (Å²) in [5.74, 6) is -0.343. The summed E-state index contributed by atoms with van der Waals surface area (Å²) in [6.07, 6.45) is 1.27. The molecule has 0 saturated heterocycles. The number of carbonyl (C=O) groups is 1. The molecule has 1 aromatic rings. The normalized spacial score (nSPS) is 23.7. The first-order valence-corrected chi connectivity index (χ1v) is 7.52. The first-order valence-electron chi connectivity index (χ1n) is 7.52. The molecule has 2 unspecified atom stereocenters. The Labute approximate surface area is 126 Å². The Bertz CT molecular complexity index is 493. The summed E-state index contributed by atoms with van der Waals surface area (Å²) in [5.41, 5.74) is 1.35. The third-order valence-corrected chi connectivity index (χ3v) is 4.28. The molecule has 1 aliphatic carbocycles. The Hall–Kier alpha value is -1.55. The highest BCUT2D eigenvalue weighted by Gasteiger charge is 2.49. The topological polar surface area (TPSA) is 58.6 Å². The van der Waals surface area contributed by atoms with Crippen molar-refractivity contribution in [2.45, 2.75) is 46.3 Å². The summed E-state index contributed by atoms with van der Waals surface area (Å²) in [6, 6.07) is 7.25. The van der Waals surface area contributed by atoms with E-state index in [-0.39, 0.29) is 11.5 Å². The van der Waals surface area contributed by atoms with E-state index in [9.17, 15) is 4.79 Å². The van der Waals surface area contributed by atoms with E-state index in [0.717, 1.165) is 18.7 Å². The van der Waals surface area contributed by atoms with E-state index in [1.54, 1.807) is 12.1 Å². The Balaban J connectivity index is 1.91. The molecular formula is C17H25NO3. The van der Waals surface area contributed by atoms with Gasteiger partial charge in [-0.3, -0.25) is 0 Å². The zero-order valence-electron chi connectivity index (χ0n) is 13.2. The van der Waals surface area contributed by atoms with Crippen molar-refractivity contribution in [1.29, 1.82) is 0 Å². The summed E-state index contributed by atoms with van der Waals surface area (Å²) < 4.78 is 5.96. The maximum absolute atomic E-state index is 10.8. The molecule has 2 rings (SSSR count). The first-order chi connectivity index (χ1) is 9.80. The molecule has 0 spiro atoms. The maximum atomic E-state index is 10.8. The molecule has 0 aliphatic heterocycles. The highest BCUT2D eigenvalue weighted by molar-refractivity contribution is 5.88. The molecule has 2 N–H and O–H groups in total. The van der Waals surface area contributed by atoms with Crippen LogP contribution in [-0.4, -0.2) is 29.8 Å². The fraction of sp³-hybridized carbons (Fsp3) is 0.588. The molecule has 0 amide bonds. The van der Waals surface area contributed by atoms with Crippen LogP contribution in [0.3, 0.4) is 0 Å². The van der Waals surface area contributed by atoms with Gasteiger partial charge in [0.2, 0.25) is 0 Å². The Morgan fingerprint density at radius 3 is 2.48 bits per heavy atom. The van der Waals surface area contributed by atoms with E-state index in [1.807, 2.05) is 12.1 Å². The van der Waals surface area contributed by atoms with Gasteiger partial charge in [0.25, 0.3) is 0 Å². The molecule has 2 atom stereocenters. The van der Waals surface area contributed by atoms with Crippen molar-refractivity contribution in [1.82, 2.24) is 0 Å². The molecule has 1 saturated carbocycles. The number of rotatable bonds is 6. The second-order valence-electron chi connectivity index (χ2n) is 6.85. The van der Waals surface area contributed by atoms with Crippen molar-refractivity contribution >= 4 is 11.7 Å². The van der Waals surface area contributed by atoms with Gasteiger partial charge in [0.05, 0.1) is 11.7 Å². The van der Waals surface area contributed by atoms with Gasteiger partial charge in [0.15, 0.2) is 0 Å². The standard InChI is InChI=1S/C17H25NO3/c1-11(2)10-21-15-9-14(17(15,3)4)18-13-7-5-12(6-8-13)16(19)20/h5-8,11,14-15,18H,9-10H2,1-4H3,(H,19,20). The highest BCUT2D eigenvalue weighted by atomic mass is 16.5. The van der Waals surface area contributed by atoms with E-state index >= 15 is 0 Å². The molecule has 0 aromatic heterocycles. The Kier molecular flexibility index (Phi) is 4.57. The number of hydrogen-bond acceptors (Lipinski definition) is 3. The predicted molar refractivity (Wildman–Crippen MR) is 83.8 cm³/mol. The monoisotopic (exact) mass is 291 g/mol. The largest absolute Gasteiger partial charge is 0.478 e. The molecule has 0 bridgehead atoms. The van der Waals surface area contributed by atoms with Gasteiger partial charge in [0.1, 0.15) is 0 Å². The van der Waals surface area contributed by atoms with Crippen LogP contribution in [0.1, 0.15) is 44.5 Å². The second kappa shape index (κ2) is 6.06. The van der Waals surface area contributed by atoms with Crippen LogP contribution >= 0.6 is 0 Å². The van der Waals surface area contributed by atoms with E-state index in [1.165, 1.54) is 0 Å². The lowest BCUT2D eigenvalue weighted by Crippen LogP contribution is -2.58. The van der Waals surface area contributed by atoms with Gasteiger partial charge in [-0.05, 0) is 36.6 Å². The predicted octanol–water partition coefficient (Wildman–Crippen LogP) is 3.64. The van der Waals surface area contributed by atoms with E-state index in [4.69, 9.17) is 9.84 Å². The number of nitrogens with one attached hydrogen (secondary N) is 1. The van der Waals surface area contributed by atoms with Gasteiger partial charge in [-0.2, -0.15) is 0 Å². The SMILES string of the molecule is CC(C)COC1CC(Nc2ccc(C(=O)O)cc2)C1(C)C. The average molecular weight is 291 g/mol. The fourth-order valence-corrected chi connectivity index (χ4v) is 2.63. The van der Waals surface area contributed by atoms with Gasteiger partial charge in [-0.1, -0.05) is 27.7 Å². The summed E-state index contributed by atoms with van der Waals surface area (Å²) in [6.45, 7) is 9.54. The summed E-state index contributed by atoms with van der Waals surface area (Å²) in [7, 11) is 0. The Morgan fingerprint density at radius 2 is 2.00 bits per heavy atom. The molecular weight excluding hydrogens is 266 g/mol. The smallest absolute Gasteiger partial charge is 0.335 e. The van der Waals surface area contributed by atoms with Crippen molar-refractivity contribution in [3.05, 3.63) is 29.8 Å². The number of carboxylic acid groups (broad SMARTS) is 1. The summed E-state index contributed by atoms with van der Waals surface area (Å²) in [4.78, 5) is 10.8. The van der Waals surface area contributed by atoms with Crippen molar-refractivity contribution in [2.24, 2.45) is 11.3 Å². The zero-order chi connectivity index (χ0) is 15.6. The van der Waals surface area contributed by atoms with Gasteiger partial charge >= 0.3 is 5.97 Å². The molecule has 1 aliphatic rings. The van der Waals surface area contributed by atoms with Crippen molar-refractivity contribution in [3.63, 3.8) is 0 Å². The van der Waals surface area contributed by atoms with Gasteiger partial charge < -0.3 is 15.2 Å². The number of ether oxygens (including phenoxy) is 1. The molecule has 4 heteroatoms. The van der Waals surface area contributed by atoms with Crippen LogP contribution in [-0.2, 0) is 4.74 Å². The first kappa shape index (κ1) is 15.8. The minimum atomic E-state index is -0.896. The maximum Gasteiger partial charge on any atom is 0.335 e. The number of hydrogen-bond donors (Lipinski definition) is 2. The fourth-order valence-electron chi connectivity index (χ4n) is 2.63. The van der Waals surface area contributed by atoms with E-state index < -0.39 is 5.97 Å². The summed E-state index contributed by atoms with van der Waals surface area (Å²) >= 11 is 0. The number of aromatic carboxylic acids is 1. The van der Waals surface area contributed by atoms with E-state index in [2.05, 4.69) is 33.0 Å². The third kappa shape index (κ3) is 3.56. The molecule has 4 nitrogen and oxygen atoms in total. The molecule has 21 heavy (non-hydrogen) atoms. The lowest BCUT2D eigenvalue weighted by Gasteiger charge is -2.52. The van der Waals surface area contributed by atoms with Gasteiger partial charge in [-0.15, -0.1) is 0 Å². The quantitative estimate of drug-likeness (QED) is 0.840. The van der Waals surface area contributed by atoms with Crippen LogP contribution in [0.25, 0.3) is 0 Å². The third-order valence-electron chi connectivity index (χ3n) is 4.28. The zero-order valence-corrected chi connectivity index (χ0v) is 13.2. The Morgan fingerprint density at radius 1 is 1.38 bits per heavy atom. The van der Waals surface area contributed by atoms with E-state index in [0.29, 0.717) is 17.5 Å². The van der Waals surface area contributed by atoms with Crippen LogP contribution in [0, 0.1) is 11.3 Å². The minimum Gasteiger partial charge on any atom is -0.478 e.